The van der Waals surface area contributed by atoms with Crippen molar-refractivity contribution in [1.29, 1.82) is 0 Å². The molecule has 5 nitrogen and oxygen atoms in total. The standard InChI is InChI=1S/C19H14BrNO4/c1-24-19(23)13-3-2-4-16(11-13)21-18(22)12-7-8-25-17-6-5-15(20)10-14(17)9-12/h2-11H,1H3,(H,21,22). The lowest BCUT2D eigenvalue weighted by molar-refractivity contribution is -0.112. The maximum atomic E-state index is 12.6. The third-order valence-corrected chi connectivity index (χ3v) is 4.02. The Morgan fingerprint density at radius 1 is 1.16 bits per heavy atom. The van der Waals surface area contributed by atoms with Crippen LogP contribution in [0.15, 0.2) is 64.8 Å². The highest BCUT2D eigenvalue weighted by atomic mass is 79.9. The molecule has 1 heterocycles. The normalized spacial score (nSPS) is 12.3. The second-order valence-electron chi connectivity index (χ2n) is 5.23. The summed E-state index contributed by atoms with van der Waals surface area (Å²) in [5.41, 5.74) is 2.08. The third kappa shape index (κ3) is 3.97. The average Bonchev–Trinajstić information content (AvgIpc) is 2.83. The number of amides is 1. The van der Waals surface area contributed by atoms with Gasteiger partial charge in [0.25, 0.3) is 5.91 Å². The monoisotopic (exact) mass is 399 g/mol. The van der Waals surface area contributed by atoms with Crippen LogP contribution in [-0.2, 0) is 9.53 Å². The Kier molecular flexibility index (Phi) is 5.00. The van der Waals surface area contributed by atoms with E-state index in [0.29, 0.717) is 22.6 Å². The molecule has 0 bridgehead atoms. The van der Waals surface area contributed by atoms with Crippen LogP contribution in [0.25, 0.3) is 6.08 Å². The van der Waals surface area contributed by atoms with Gasteiger partial charge in [-0.25, -0.2) is 4.79 Å². The molecule has 0 fully saturated rings. The maximum Gasteiger partial charge on any atom is 0.337 e. The number of anilines is 1. The molecule has 1 N–H and O–H groups in total. The summed E-state index contributed by atoms with van der Waals surface area (Å²) in [6, 6.07) is 12.1. The number of carbonyl (C=O) groups is 2. The molecule has 25 heavy (non-hydrogen) atoms. The third-order valence-electron chi connectivity index (χ3n) is 3.53. The van der Waals surface area contributed by atoms with Crippen LogP contribution in [0.2, 0.25) is 0 Å². The summed E-state index contributed by atoms with van der Waals surface area (Å²) in [4.78, 5) is 24.1. The van der Waals surface area contributed by atoms with Crippen LogP contribution in [0.5, 0.6) is 5.75 Å². The van der Waals surface area contributed by atoms with E-state index in [0.717, 1.165) is 10.0 Å². The molecule has 2 aromatic rings. The minimum absolute atomic E-state index is 0.310. The minimum Gasteiger partial charge on any atom is -0.465 e. The van der Waals surface area contributed by atoms with E-state index >= 15 is 0 Å². The van der Waals surface area contributed by atoms with Crippen molar-refractivity contribution in [1.82, 2.24) is 0 Å². The Morgan fingerprint density at radius 3 is 2.80 bits per heavy atom. The number of ether oxygens (including phenoxy) is 2. The van der Waals surface area contributed by atoms with E-state index in [1.807, 2.05) is 18.2 Å². The summed E-state index contributed by atoms with van der Waals surface area (Å²) in [6.07, 6.45) is 4.80. The number of carbonyl (C=O) groups excluding carboxylic acids is 2. The molecule has 0 aliphatic carbocycles. The number of esters is 1. The summed E-state index contributed by atoms with van der Waals surface area (Å²) < 4.78 is 11.1. The van der Waals surface area contributed by atoms with Gasteiger partial charge in [0.15, 0.2) is 0 Å². The summed E-state index contributed by atoms with van der Waals surface area (Å²) >= 11 is 3.41. The molecule has 0 aromatic heterocycles. The topological polar surface area (TPSA) is 64.6 Å². The second-order valence-corrected chi connectivity index (χ2v) is 6.14. The molecule has 1 aliphatic rings. The van der Waals surface area contributed by atoms with Gasteiger partial charge < -0.3 is 14.8 Å². The van der Waals surface area contributed by atoms with E-state index in [4.69, 9.17) is 4.74 Å². The molecule has 0 saturated heterocycles. The highest BCUT2D eigenvalue weighted by molar-refractivity contribution is 9.10. The van der Waals surface area contributed by atoms with Crippen molar-refractivity contribution >= 4 is 39.6 Å². The largest absolute Gasteiger partial charge is 0.465 e. The molecule has 1 amide bonds. The van der Waals surface area contributed by atoms with E-state index in [2.05, 4.69) is 26.0 Å². The maximum absolute atomic E-state index is 12.6. The molecular weight excluding hydrogens is 386 g/mol. The first kappa shape index (κ1) is 17.0. The average molecular weight is 400 g/mol. The molecule has 0 radical (unpaired) electrons. The van der Waals surface area contributed by atoms with Gasteiger partial charge in [0.05, 0.1) is 18.9 Å². The summed E-state index contributed by atoms with van der Waals surface area (Å²) in [7, 11) is 1.31. The summed E-state index contributed by atoms with van der Waals surface area (Å²) in [5.74, 6) is -0.110. The number of methoxy groups -OCH3 is 1. The van der Waals surface area contributed by atoms with Crippen molar-refractivity contribution in [2.75, 3.05) is 12.4 Å². The molecule has 2 aromatic carbocycles. The van der Waals surface area contributed by atoms with Crippen LogP contribution in [0, 0.1) is 0 Å². The van der Waals surface area contributed by atoms with Crippen LogP contribution >= 0.6 is 15.9 Å². The minimum atomic E-state index is -0.461. The first-order valence-electron chi connectivity index (χ1n) is 7.41. The molecule has 0 saturated carbocycles. The Morgan fingerprint density at radius 2 is 2.00 bits per heavy atom. The number of nitrogens with one attached hydrogen (secondary N) is 1. The van der Waals surface area contributed by atoms with Gasteiger partial charge in [0.1, 0.15) is 5.75 Å². The predicted octanol–water partition coefficient (Wildman–Crippen LogP) is 4.16. The molecule has 1 aliphatic heterocycles. The number of fused-ring (bicyclic) bond motifs is 1. The van der Waals surface area contributed by atoms with Crippen LogP contribution < -0.4 is 10.1 Å². The number of benzene rings is 2. The van der Waals surface area contributed by atoms with Crippen molar-refractivity contribution in [3.05, 3.63) is 76.0 Å². The fraction of sp³-hybridized carbons (Fsp3) is 0.0526. The smallest absolute Gasteiger partial charge is 0.337 e. The lowest BCUT2D eigenvalue weighted by Crippen LogP contribution is -2.13. The first-order chi connectivity index (χ1) is 12.1. The van der Waals surface area contributed by atoms with Crippen LogP contribution in [0.4, 0.5) is 5.69 Å². The van der Waals surface area contributed by atoms with Crippen LogP contribution in [-0.4, -0.2) is 19.0 Å². The Bertz CT molecular complexity index is 902. The molecular formula is C19H14BrNO4. The number of hydrogen-bond donors (Lipinski definition) is 1. The zero-order valence-corrected chi connectivity index (χ0v) is 14.9. The molecule has 3 rings (SSSR count). The molecule has 0 atom stereocenters. The molecule has 0 unspecified atom stereocenters. The Balaban J connectivity index is 1.85. The quantitative estimate of drug-likeness (QED) is 0.786. The lowest BCUT2D eigenvalue weighted by Gasteiger charge is -2.07. The number of halogens is 1. The molecule has 6 heteroatoms. The van der Waals surface area contributed by atoms with E-state index in [9.17, 15) is 9.59 Å². The molecule has 126 valence electrons. The fourth-order valence-corrected chi connectivity index (χ4v) is 2.70. The molecule has 0 spiro atoms. The fourth-order valence-electron chi connectivity index (χ4n) is 2.32. The van der Waals surface area contributed by atoms with Gasteiger partial charge in [-0.1, -0.05) is 22.0 Å². The first-order valence-corrected chi connectivity index (χ1v) is 8.20. The van der Waals surface area contributed by atoms with Crippen molar-refractivity contribution < 1.29 is 19.1 Å². The van der Waals surface area contributed by atoms with E-state index in [1.165, 1.54) is 13.4 Å². The number of rotatable bonds is 3. The van der Waals surface area contributed by atoms with Gasteiger partial charge in [-0.05, 0) is 48.6 Å². The van der Waals surface area contributed by atoms with E-state index in [-0.39, 0.29) is 5.91 Å². The lowest BCUT2D eigenvalue weighted by atomic mass is 10.1. The zero-order valence-electron chi connectivity index (χ0n) is 13.3. The van der Waals surface area contributed by atoms with Gasteiger partial charge in [-0.15, -0.1) is 0 Å². The van der Waals surface area contributed by atoms with Gasteiger partial charge in [0.2, 0.25) is 0 Å². The Labute approximate surface area is 153 Å². The summed E-state index contributed by atoms with van der Waals surface area (Å²) in [5, 5.41) is 2.77. The van der Waals surface area contributed by atoms with Crippen molar-refractivity contribution in [2.45, 2.75) is 0 Å². The highest BCUT2D eigenvalue weighted by Crippen LogP contribution is 2.28. The van der Waals surface area contributed by atoms with Gasteiger partial charge in [0, 0.05) is 21.3 Å². The second kappa shape index (κ2) is 7.36. The highest BCUT2D eigenvalue weighted by Gasteiger charge is 2.13. The Hall–Kier alpha value is -2.86. The SMILES string of the molecule is COC(=O)c1cccc(NC(=O)C2=Cc3cc(Br)ccc3OC=C2)c1. The van der Waals surface area contributed by atoms with E-state index < -0.39 is 5.97 Å². The van der Waals surface area contributed by atoms with Gasteiger partial charge in [-0.2, -0.15) is 0 Å². The predicted molar refractivity (Wildman–Crippen MR) is 98.3 cm³/mol. The number of hydrogen-bond acceptors (Lipinski definition) is 4. The van der Waals surface area contributed by atoms with Crippen molar-refractivity contribution in [3.63, 3.8) is 0 Å². The van der Waals surface area contributed by atoms with Crippen LogP contribution in [0.1, 0.15) is 15.9 Å². The summed E-state index contributed by atoms with van der Waals surface area (Å²) in [6.45, 7) is 0. The van der Waals surface area contributed by atoms with Crippen molar-refractivity contribution in [2.24, 2.45) is 0 Å². The van der Waals surface area contributed by atoms with Crippen molar-refractivity contribution in [3.8, 4) is 5.75 Å². The zero-order chi connectivity index (χ0) is 17.8. The van der Waals surface area contributed by atoms with Crippen LogP contribution in [0.3, 0.4) is 0 Å². The van der Waals surface area contributed by atoms with Gasteiger partial charge in [-0.3, -0.25) is 4.79 Å². The van der Waals surface area contributed by atoms with Gasteiger partial charge >= 0.3 is 5.97 Å². The van der Waals surface area contributed by atoms with E-state index in [1.54, 1.807) is 36.4 Å².